The van der Waals surface area contributed by atoms with E-state index in [2.05, 4.69) is 105 Å². The molecule has 0 unspecified atom stereocenters. The molecule has 32 heavy (non-hydrogen) atoms. The molecule has 0 heterocycles. The molecule has 1 aliphatic carbocycles. The van der Waals surface area contributed by atoms with Gasteiger partial charge in [-0.25, -0.2) is 0 Å². The maximum absolute atomic E-state index is 2.36. The number of hydrogen-bond acceptors (Lipinski definition) is 0. The molecule has 3 aromatic rings. The Hall–Kier alpha value is -2.60. The molecule has 4 rings (SSSR count). The first-order valence-electron chi connectivity index (χ1n) is 12.6. The molecule has 166 valence electrons. The van der Waals surface area contributed by atoms with E-state index in [1.807, 2.05) is 0 Å². The van der Waals surface area contributed by atoms with Crippen molar-refractivity contribution >= 4 is 12.2 Å². The van der Waals surface area contributed by atoms with Crippen LogP contribution >= 0.6 is 0 Å². The van der Waals surface area contributed by atoms with Gasteiger partial charge in [0.25, 0.3) is 0 Å². The van der Waals surface area contributed by atoms with Crippen LogP contribution in [0.15, 0.2) is 78.9 Å². The van der Waals surface area contributed by atoms with Crippen LogP contribution in [0.1, 0.15) is 92.0 Å². The van der Waals surface area contributed by atoms with Crippen molar-refractivity contribution in [3.05, 3.63) is 107 Å². The summed E-state index contributed by atoms with van der Waals surface area (Å²) in [5.74, 6) is 2.29. The highest BCUT2D eigenvalue weighted by Gasteiger charge is 2.21. The molecule has 1 aliphatic rings. The van der Waals surface area contributed by atoms with Crippen molar-refractivity contribution in [3.63, 3.8) is 0 Å². The first-order valence-corrected chi connectivity index (χ1v) is 12.6. The lowest BCUT2D eigenvalue weighted by Gasteiger charge is -2.28. The van der Waals surface area contributed by atoms with Crippen LogP contribution in [-0.4, -0.2) is 0 Å². The first kappa shape index (κ1) is 22.6. The van der Waals surface area contributed by atoms with Crippen molar-refractivity contribution in [1.82, 2.24) is 0 Å². The van der Waals surface area contributed by atoms with Gasteiger partial charge in [-0.05, 0) is 77.7 Å². The van der Waals surface area contributed by atoms with Gasteiger partial charge in [0, 0.05) is 0 Å². The standard InChI is InChI=1S/C32H38/c1-3-7-26-16-20-31(21-17-26)32-22-18-28(19-23-32)11-10-27-12-14-29(15-13-27)24-25(2)30-8-5-4-6-9-30/h4-6,8-15,18-19,22-23,25-26,31H,3,7,16-17,20-21,24H2,1-2H3/t25-,26?,31?/m0/s1. The zero-order valence-electron chi connectivity index (χ0n) is 19.8. The van der Waals surface area contributed by atoms with Crippen molar-refractivity contribution in [1.29, 1.82) is 0 Å². The van der Waals surface area contributed by atoms with Gasteiger partial charge < -0.3 is 0 Å². The third kappa shape index (κ3) is 6.22. The van der Waals surface area contributed by atoms with Crippen molar-refractivity contribution in [2.45, 2.75) is 70.6 Å². The van der Waals surface area contributed by atoms with Gasteiger partial charge in [0.2, 0.25) is 0 Å². The Morgan fingerprint density at radius 1 is 0.750 bits per heavy atom. The summed E-state index contributed by atoms with van der Waals surface area (Å²) in [4.78, 5) is 0. The summed E-state index contributed by atoms with van der Waals surface area (Å²) in [5.41, 5.74) is 6.90. The van der Waals surface area contributed by atoms with E-state index in [0.717, 1.165) is 18.3 Å². The average Bonchev–Trinajstić information content (AvgIpc) is 2.85. The molecule has 0 aromatic heterocycles. The lowest BCUT2D eigenvalue weighted by molar-refractivity contribution is 0.308. The molecule has 0 aliphatic heterocycles. The smallest absolute Gasteiger partial charge is 0.0150 e. The van der Waals surface area contributed by atoms with E-state index < -0.39 is 0 Å². The predicted molar refractivity (Wildman–Crippen MR) is 140 cm³/mol. The van der Waals surface area contributed by atoms with E-state index in [-0.39, 0.29) is 0 Å². The molecule has 0 spiro atoms. The van der Waals surface area contributed by atoms with Crippen molar-refractivity contribution in [3.8, 4) is 0 Å². The first-order chi connectivity index (χ1) is 15.7. The van der Waals surface area contributed by atoms with Crippen LogP contribution in [0.5, 0.6) is 0 Å². The van der Waals surface area contributed by atoms with Crippen molar-refractivity contribution in [2.24, 2.45) is 5.92 Å². The Morgan fingerprint density at radius 3 is 1.94 bits per heavy atom. The largest absolute Gasteiger partial charge is 0.0654 e. The maximum Gasteiger partial charge on any atom is -0.0150 e. The van der Waals surface area contributed by atoms with Crippen molar-refractivity contribution in [2.75, 3.05) is 0 Å². The summed E-state index contributed by atoms with van der Waals surface area (Å²) in [6, 6.07) is 29.1. The van der Waals surface area contributed by atoms with Gasteiger partial charge in [0.15, 0.2) is 0 Å². The fourth-order valence-electron chi connectivity index (χ4n) is 5.28. The highest BCUT2D eigenvalue weighted by Crippen LogP contribution is 2.37. The lowest BCUT2D eigenvalue weighted by Crippen LogP contribution is -2.13. The van der Waals surface area contributed by atoms with E-state index in [1.165, 1.54) is 66.3 Å². The quantitative estimate of drug-likeness (QED) is 0.317. The summed E-state index contributed by atoms with van der Waals surface area (Å²) in [7, 11) is 0. The van der Waals surface area contributed by atoms with Gasteiger partial charge >= 0.3 is 0 Å². The van der Waals surface area contributed by atoms with E-state index in [1.54, 1.807) is 0 Å². The van der Waals surface area contributed by atoms with Crippen LogP contribution < -0.4 is 0 Å². The molecule has 0 saturated heterocycles. The SMILES string of the molecule is CCCC1CCC(c2ccc(C=Cc3ccc(C[C@H](C)c4ccccc4)cc3)cc2)CC1. The van der Waals surface area contributed by atoms with Crippen LogP contribution in [0.25, 0.3) is 12.2 Å². The Morgan fingerprint density at radius 2 is 1.34 bits per heavy atom. The minimum atomic E-state index is 0.540. The highest BCUT2D eigenvalue weighted by molar-refractivity contribution is 5.69. The second kappa shape index (κ2) is 11.3. The zero-order chi connectivity index (χ0) is 22.2. The monoisotopic (exact) mass is 422 g/mol. The lowest BCUT2D eigenvalue weighted by atomic mass is 9.77. The molecule has 0 bridgehead atoms. The van der Waals surface area contributed by atoms with E-state index in [9.17, 15) is 0 Å². The molecule has 1 atom stereocenters. The van der Waals surface area contributed by atoms with Gasteiger partial charge in [-0.2, -0.15) is 0 Å². The molecule has 0 amide bonds. The van der Waals surface area contributed by atoms with E-state index >= 15 is 0 Å². The second-order valence-corrected chi connectivity index (χ2v) is 9.76. The second-order valence-electron chi connectivity index (χ2n) is 9.76. The van der Waals surface area contributed by atoms with Gasteiger partial charge in [0.1, 0.15) is 0 Å². The van der Waals surface area contributed by atoms with Crippen LogP contribution in [0.3, 0.4) is 0 Å². The summed E-state index contributed by atoms with van der Waals surface area (Å²) in [6.45, 7) is 4.63. The molecule has 0 nitrogen and oxygen atoms in total. The molecule has 1 fully saturated rings. The molecule has 1 saturated carbocycles. The summed E-state index contributed by atoms with van der Waals surface area (Å²) < 4.78 is 0. The average molecular weight is 423 g/mol. The minimum Gasteiger partial charge on any atom is -0.0654 e. The fourth-order valence-corrected chi connectivity index (χ4v) is 5.28. The summed E-state index contributed by atoms with van der Waals surface area (Å²) in [5, 5.41) is 0. The minimum absolute atomic E-state index is 0.540. The van der Waals surface area contributed by atoms with Gasteiger partial charge in [-0.1, -0.05) is 118 Å². The number of benzene rings is 3. The van der Waals surface area contributed by atoms with Gasteiger partial charge in [-0.15, -0.1) is 0 Å². The highest BCUT2D eigenvalue weighted by atomic mass is 14.3. The third-order valence-electron chi connectivity index (χ3n) is 7.31. The predicted octanol–water partition coefficient (Wildman–Crippen LogP) is 9.28. The molecular formula is C32H38. The number of hydrogen-bond donors (Lipinski definition) is 0. The molecule has 3 aromatic carbocycles. The Balaban J connectivity index is 1.30. The summed E-state index contributed by atoms with van der Waals surface area (Å²) in [6.07, 6.45) is 13.9. The molecule has 0 N–H and O–H groups in total. The third-order valence-corrected chi connectivity index (χ3v) is 7.31. The number of rotatable bonds is 8. The van der Waals surface area contributed by atoms with Gasteiger partial charge in [-0.3, -0.25) is 0 Å². The van der Waals surface area contributed by atoms with E-state index in [0.29, 0.717) is 5.92 Å². The topological polar surface area (TPSA) is 0 Å². The molecule has 0 heteroatoms. The van der Waals surface area contributed by atoms with E-state index in [4.69, 9.17) is 0 Å². The van der Waals surface area contributed by atoms with Crippen molar-refractivity contribution < 1.29 is 0 Å². The Labute approximate surface area is 195 Å². The molecular weight excluding hydrogens is 384 g/mol. The van der Waals surface area contributed by atoms with Crippen LogP contribution in [0.2, 0.25) is 0 Å². The van der Waals surface area contributed by atoms with Crippen LogP contribution in [0.4, 0.5) is 0 Å². The maximum atomic E-state index is 2.36. The normalized spacial score (nSPS) is 19.8. The fraction of sp³-hybridized carbons (Fsp3) is 0.375. The molecule has 0 radical (unpaired) electrons. The Kier molecular flexibility index (Phi) is 7.99. The van der Waals surface area contributed by atoms with Crippen LogP contribution in [-0.2, 0) is 6.42 Å². The summed E-state index contributed by atoms with van der Waals surface area (Å²) >= 11 is 0. The van der Waals surface area contributed by atoms with Crippen LogP contribution in [0, 0.1) is 5.92 Å². The van der Waals surface area contributed by atoms with Gasteiger partial charge in [0.05, 0.1) is 0 Å². The zero-order valence-corrected chi connectivity index (χ0v) is 19.8. The Bertz CT molecular complexity index is 955.